The summed E-state index contributed by atoms with van der Waals surface area (Å²) in [5.74, 6) is -0.432. The average molecular weight is 348 g/mol. The third kappa shape index (κ3) is 5.93. The molecule has 0 bridgehead atoms. The summed E-state index contributed by atoms with van der Waals surface area (Å²) in [5, 5.41) is 3.27. The van der Waals surface area contributed by atoms with E-state index in [-0.39, 0.29) is 19.1 Å². The molecule has 0 fully saturated rings. The second-order valence-corrected chi connectivity index (χ2v) is 5.56. The number of carbonyl (C=O) groups is 2. The normalized spacial score (nSPS) is 10.1. The molecule has 2 rings (SSSR count). The zero-order valence-corrected chi connectivity index (χ0v) is 14.0. The molecule has 6 heteroatoms. The van der Waals surface area contributed by atoms with Crippen LogP contribution in [0.2, 0.25) is 5.02 Å². The van der Waals surface area contributed by atoms with Gasteiger partial charge in [-0.25, -0.2) is 4.79 Å². The predicted molar refractivity (Wildman–Crippen MR) is 90.9 cm³/mol. The van der Waals surface area contributed by atoms with E-state index >= 15 is 0 Å². The number of ether oxygens (including phenoxy) is 2. The van der Waals surface area contributed by atoms with Gasteiger partial charge in [0.1, 0.15) is 5.75 Å². The minimum Gasteiger partial charge on any atom is -0.482 e. The summed E-state index contributed by atoms with van der Waals surface area (Å²) >= 11 is 5.85. The number of esters is 1. The fourth-order valence-corrected chi connectivity index (χ4v) is 2.17. The monoisotopic (exact) mass is 347 g/mol. The number of nitrogens with one attached hydrogen (secondary N) is 1. The standard InChI is InChI=1S/C18H18ClNO4/c1-13-9-15(19)7-8-16(13)23-12-18(22)24-11-17(21)20-10-14-5-3-2-4-6-14/h2-9H,10-12H2,1H3,(H,20,21). The molecule has 0 aliphatic rings. The maximum absolute atomic E-state index is 11.6. The highest BCUT2D eigenvalue weighted by molar-refractivity contribution is 6.30. The molecule has 0 aliphatic carbocycles. The van der Waals surface area contributed by atoms with E-state index in [4.69, 9.17) is 21.1 Å². The van der Waals surface area contributed by atoms with Crippen LogP contribution in [0.5, 0.6) is 5.75 Å². The molecule has 5 nitrogen and oxygen atoms in total. The lowest BCUT2D eigenvalue weighted by Gasteiger charge is -2.09. The summed E-state index contributed by atoms with van der Waals surface area (Å²) < 4.78 is 10.2. The summed E-state index contributed by atoms with van der Waals surface area (Å²) in [7, 11) is 0. The van der Waals surface area contributed by atoms with Crippen molar-refractivity contribution in [3.8, 4) is 5.75 Å². The molecule has 0 saturated carbocycles. The van der Waals surface area contributed by atoms with Crippen LogP contribution in [0.25, 0.3) is 0 Å². The van der Waals surface area contributed by atoms with E-state index in [9.17, 15) is 9.59 Å². The van der Waals surface area contributed by atoms with E-state index < -0.39 is 5.97 Å². The molecule has 126 valence electrons. The second kappa shape index (κ2) is 8.93. The maximum atomic E-state index is 11.6. The number of halogens is 1. The van der Waals surface area contributed by atoms with E-state index in [2.05, 4.69) is 5.32 Å². The van der Waals surface area contributed by atoms with E-state index in [1.807, 2.05) is 37.3 Å². The van der Waals surface area contributed by atoms with Gasteiger partial charge in [0, 0.05) is 11.6 Å². The average Bonchev–Trinajstić information content (AvgIpc) is 2.58. The highest BCUT2D eigenvalue weighted by Gasteiger charge is 2.09. The number of aryl methyl sites for hydroxylation is 1. The Morgan fingerprint density at radius 2 is 1.83 bits per heavy atom. The Kier molecular flexibility index (Phi) is 6.63. The molecule has 0 aromatic heterocycles. The number of benzene rings is 2. The first-order valence-corrected chi connectivity index (χ1v) is 7.77. The lowest BCUT2D eigenvalue weighted by atomic mass is 10.2. The number of carbonyl (C=O) groups excluding carboxylic acids is 2. The van der Waals surface area contributed by atoms with E-state index in [0.717, 1.165) is 11.1 Å². The maximum Gasteiger partial charge on any atom is 0.344 e. The first-order valence-electron chi connectivity index (χ1n) is 7.40. The van der Waals surface area contributed by atoms with Gasteiger partial charge in [-0.3, -0.25) is 4.79 Å². The summed E-state index contributed by atoms with van der Waals surface area (Å²) in [6.45, 7) is 1.60. The molecule has 0 aliphatic heterocycles. The lowest BCUT2D eigenvalue weighted by Crippen LogP contribution is -2.29. The van der Waals surface area contributed by atoms with Crippen LogP contribution in [-0.2, 0) is 20.9 Å². The third-order valence-electron chi connectivity index (χ3n) is 3.18. The molecule has 0 radical (unpaired) electrons. The number of hydrogen-bond donors (Lipinski definition) is 1. The molecule has 0 spiro atoms. The SMILES string of the molecule is Cc1cc(Cl)ccc1OCC(=O)OCC(=O)NCc1ccccc1. The second-order valence-electron chi connectivity index (χ2n) is 5.12. The largest absolute Gasteiger partial charge is 0.482 e. The first kappa shape index (κ1) is 17.8. The molecule has 1 amide bonds. The zero-order valence-electron chi connectivity index (χ0n) is 13.3. The Morgan fingerprint density at radius 3 is 2.54 bits per heavy atom. The Morgan fingerprint density at radius 1 is 1.08 bits per heavy atom. The number of rotatable bonds is 7. The predicted octanol–water partition coefficient (Wildman–Crippen LogP) is 2.89. The summed E-state index contributed by atoms with van der Waals surface area (Å²) in [5.41, 5.74) is 1.79. The summed E-state index contributed by atoms with van der Waals surface area (Å²) in [6, 6.07) is 14.6. The Bertz CT molecular complexity index is 703. The van der Waals surface area contributed by atoms with Crippen LogP contribution in [0, 0.1) is 6.92 Å². The smallest absolute Gasteiger partial charge is 0.344 e. The lowest BCUT2D eigenvalue weighted by molar-refractivity contribution is -0.150. The van der Waals surface area contributed by atoms with Crippen molar-refractivity contribution in [1.29, 1.82) is 0 Å². The molecular formula is C18H18ClNO4. The number of amides is 1. The van der Waals surface area contributed by atoms with Crippen LogP contribution in [0.4, 0.5) is 0 Å². The van der Waals surface area contributed by atoms with Crippen LogP contribution in [0.15, 0.2) is 48.5 Å². The molecular weight excluding hydrogens is 330 g/mol. The quantitative estimate of drug-likeness (QED) is 0.782. The van der Waals surface area contributed by atoms with Gasteiger partial charge < -0.3 is 14.8 Å². The van der Waals surface area contributed by atoms with Gasteiger partial charge >= 0.3 is 5.97 Å². The highest BCUT2D eigenvalue weighted by Crippen LogP contribution is 2.21. The van der Waals surface area contributed by atoms with Crippen molar-refractivity contribution in [2.75, 3.05) is 13.2 Å². The van der Waals surface area contributed by atoms with Crippen LogP contribution in [0.3, 0.4) is 0 Å². The molecule has 0 saturated heterocycles. The van der Waals surface area contributed by atoms with Gasteiger partial charge in [-0.2, -0.15) is 0 Å². The van der Waals surface area contributed by atoms with Crippen LogP contribution in [-0.4, -0.2) is 25.1 Å². The first-order chi connectivity index (χ1) is 11.5. The van der Waals surface area contributed by atoms with E-state index in [1.165, 1.54) is 0 Å². The topological polar surface area (TPSA) is 64.6 Å². The fourth-order valence-electron chi connectivity index (χ4n) is 1.95. The van der Waals surface area contributed by atoms with Gasteiger partial charge in [-0.05, 0) is 36.2 Å². The summed E-state index contributed by atoms with van der Waals surface area (Å²) in [4.78, 5) is 23.3. The fraction of sp³-hybridized carbons (Fsp3) is 0.222. The molecule has 2 aromatic carbocycles. The minimum atomic E-state index is -0.612. The van der Waals surface area contributed by atoms with Crippen molar-refractivity contribution in [3.63, 3.8) is 0 Å². The third-order valence-corrected chi connectivity index (χ3v) is 3.41. The van der Waals surface area contributed by atoms with E-state index in [0.29, 0.717) is 17.3 Å². The Labute approximate surface area is 145 Å². The minimum absolute atomic E-state index is 0.269. The van der Waals surface area contributed by atoms with Crippen molar-refractivity contribution in [1.82, 2.24) is 5.32 Å². The molecule has 0 atom stereocenters. The van der Waals surface area contributed by atoms with Gasteiger partial charge in [-0.15, -0.1) is 0 Å². The van der Waals surface area contributed by atoms with Gasteiger partial charge in [0.25, 0.3) is 5.91 Å². The molecule has 24 heavy (non-hydrogen) atoms. The van der Waals surface area contributed by atoms with Gasteiger partial charge in [-0.1, -0.05) is 41.9 Å². The van der Waals surface area contributed by atoms with Crippen molar-refractivity contribution in [2.24, 2.45) is 0 Å². The van der Waals surface area contributed by atoms with Crippen LogP contribution in [0.1, 0.15) is 11.1 Å². The highest BCUT2D eigenvalue weighted by atomic mass is 35.5. The van der Waals surface area contributed by atoms with Gasteiger partial charge in [0.15, 0.2) is 13.2 Å². The molecule has 0 heterocycles. The zero-order chi connectivity index (χ0) is 17.4. The molecule has 0 unspecified atom stereocenters. The summed E-state index contributed by atoms with van der Waals surface area (Å²) in [6.07, 6.45) is 0. The Hall–Kier alpha value is -2.53. The van der Waals surface area contributed by atoms with Crippen LogP contribution < -0.4 is 10.1 Å². The van der Waals surface area contributed by atoms with Crippen molar-refractivity contribution < 1.29 is 19.1 Å². The van der Waals surface area contributed by atoms with Crippen molar-refractivity contribution >= 4 is 23.5 Å². The molecule has 2 aromatic rings. The number of hydrogen-bond acceptors (Lipinski definition) is 4. The molecule has 1 N–H and O–H groups in total. The van der Waals surface area contributed by atoms with Crippen molar-refractivity contribution in [2.45, 2.75) is 13.5 Å². The Balaban J connectivity index is 1.68. The van der Waals surface area contributed by atoms with Crippen molar-refractivity contribution in [3.05, 3.63) is 64.7 Å². The van der Waals surface area contributed by atoms with E-state index in [1.54, 1.807) is 18.2 Å². The van der Waals surface area contributed by atoms with Crippen LogP contribution >= 0.6 is 11.6 Å². The van der Waals surface area contributed by atoms with Gasteiger partial charge in [0.2, 0.25) is 0 Å². The van der Waals surface area contributed by atoms with Gasteiger partial charge in [0.05, 0.1) is 0 Å².